The summed E-state index contributed by atoms with van der Waals surface area (Å²) in [5.41, 5.74) is 1.68. The number of amides is 2. The number of carbonyl (C=O) groups is 4. The number of benzene rings is 2. The molecule has 29 heavy (non-hydrogen) atoms. The molecule has 150 valence electrons. The number of carbonyl (C=O) groups excluding carboxylic acids is 3. The van der Waals surface area contributed by atoms with E-state index in [0.29, 0.717) is 11.1 Å². The molecule has 0 bridgehead atoms. The summed E-state index contributed by atoms with van der Waals surface area (Å²) in [6.07, 6.45) is -0.0263. The number of piperidine rings is 1. The number of halogens is 1. The van der Waals surface area contributed by atoms with Gasteiger partial charge in [-0.3, -0.25) is 19.2 Å². The predicted octanol–water partition coefficient (Wildman–Crippen LogP) is 1.61. The lowest BCUT2D eigenvalue weighted by Crippen LogP contribution is -2.52. The Kier molecular flexibility index (Phi) is 6.01. The lowest BCUT2D eigenvalue weighted by Gasteiger charge is -2.30. The molecule has 1 aliphatic rings. The Hall–Kier alpha value is -3.55. The molecular weight excluding hydrogens is 379 g/mol. The van der Waals surface area contributed by atoms with E-state index in [9.17, 15) is 23.6 Å². The minimum atomic E-state index is -1.57. The van der Waals surface area contributed by atoms with Gasteiger partial charge in [-0.25, -0.2) is 4.39 Å². The summed E-state index contributed by atoms with van der Waals surface area (Å²) in [6.45, 7) is -0.523. The van der Waals surface area contributed by atoms with Crippen molar-refractivity contribution in [2.75, 3.05) is 13.1 Å². The second kappa shape index (κ2) is 8.64. The van der Waals surface area contributed by atoms with Crippen molar-refractivity contribution in [3.05, 3.63) is 59.9 Å². The summed E-state index contributed by atoms with van der Waals surface area (Å²) in [7, 11) is 0. The van der Waals surface area contributed by atoms with Crippen molar-refractivity contribution in [3.63, 3.8) is 0 Å². The first-order chi connectivity index (χ1) is 13.9. The molecule has 1 unspecified atom stereocenters. The molecule has 7 nitrogen and oxygen atoms in total. The van der Waals surface area contributed by atoms with E-state index in [4.69, 9.17) is 5.11 Å². The van der Waals surface area contributed by atoms with Crippen LogP contribution in [0.4, 0.5) is 4.39 Å². The van der Waals surface area contributed by atoms with Gasteiger partial charge in [0, 0.05) is 25.1 Å². The number of hydrogen-bond acceptors (Lipinski definition) is 4. The summed E-state index contributed by atoms with van der Waals surface area (Å²) in [4.78, 5) is 48.6. The van der Waals surface area contributed by atoms with Crippen molar-refractivity contribution in [1.29, 1.82) is 0 Å². The molecule has 1 fully saturated rings. The molecule has 2 N–H and O–H groups in total. The van der Waals surface area contributed by atoms with Crippen molar-refractivity contribution in [2.24, 2.45) is 5.92 Å². The fourth-order valence-corrected chi connectivity index (χ4v) is 3.23. The third-order valence-electron chi connectivity index (χ3n) is 4.68. The zero-order chi connectivity index (χ0) is 21.0. The second-order valence-corrected chi connectivity index (χ2v) is 6.70. The Morgan fingerprint density at radius 3 is 2.52 bits per heavy atom. The van der Waals surface area contributed by atoms with Crippen LogP contribution in [0.5, 0.6) is 0 Å². The highest BCUT2D eigenvalue weighted by atomic mass is 19.1. The number of carboxylic acids is 1. The van der Waals surface area contributed by atoms with Gasteiger partial charge < -0.3 is 15.3 Å². The van der Waals surface area contributed by atoms with E-state index in [1.807, 2.05) is 18.2 Å². The summed E-state index contributed by atoms with van der Waals surface area (Å²) < 4.78 is 14.6. The van der Waals surface area contributed by atoms with E-state index in [1.165, 1.54) is 11.0 Å². The number of carboxylic acid groups (broad SMARTS) is 1. The minimum absolute atomic E-state index is 0.0263. The predicted molar refractivity (Wildman–Crippen MR) is 101 cm³/mol. The average Bonchev–Trinajstić information content (AvgIpc) is 2.69. The molecule has 1 aliphatic heterocycles. The molecule has 1 heterocycles. The molecule has 8 heteroatoms. The third-order valence-corrected chi connectivity index (χ3v) is 4.68. The Labute approximate surface area is 166 Å². The van der Waals surface area contributed by atoms with E-state index in [-0.39, 0.29) is 19.5 Å². The number of ketones is 1. The summed E-state index contributed by atoms with van der Waals surface area (Å²) in [5.74, 6) is -5.49. The molecule has 1 atom stereocenters. The molecule has 2 aromatic carbocycles. The third kappa shape index (κ3) is 4.66. The van der Waals surface area contributed by atoms with E-state index in [1.54, 1.807) is 24.3 Å². The number of nitrogens with zero attached hydrogens (tertiary/aromatic N) is 1. The molecule has 2 aromatic rings. The van der Waals surface area contributed by atoms with Crippen LogP contribution in [0, 0.1) is 11.7 Å². The molecule has 0 spiro atoms. The minimum Gasteiger partial charge on any atom is -0.480 e. The topological polar surface area (TPSA) is 104 Å². The number of aliphatic carboxylic acids is 1. The van der Waals surface area contributed by atoms with Crippen LogP contribution in [0.2, 0.25) is 0 Å². The van der Waals surface area contributed by atoms with Crippen LogP contribution in [0.3, 0.4) is 0 Å². The first-order valence-electron chi connectivity index (χ1n) is 9.01. The second-order valence-electron chi connectivity index (χ2n) is 6.70. The monoisotopic (exact) mass is 398 g/mol. The smallest absolute Gasteiger partial charge is 0.322 e. The Morgan fingerprint density at radius 2 is 1.86 bits per heavy atom. The Morgan fingerprint density at radius 1 is 1.14 bits per heavy atom. The SMILES string of the molecule is O=C(O)CNC(=O)C1C(=O)CCN(Cc2ccc(-c3ccccc3)c(F)c2)C1=O. The molecule has 3 rings (SSSR count). The summed E-state index contributed by atoms with van der Waals surface area (Å²) in [5, 5.41) is 10.7. The molecule has 1 saturated heterocycles. The van der Waals surface area contributed by atoms with Gasteiger partial charge in [0.2, 0.25) is 11.8 Å². The van der Waals surface area contributed by atoms with Crippen LogP contribution in [0.25, 0.3) is 11.1 Å². The zero-order valence-electron chi connectivity index (χ0n) is 15.4. The first kappa shape index (κ1) is 20.2. The maximum absolute atomic E-state index is 14.6. The Bertz CT molecular complexity index is 961. The maximum Gasteiger partial charge on any atom is 0.322 e. The number of Topliss-reactive ketones (excluding diaryl/α,β-unsaturated/α-hetero) is 1. The number of likely N-dealkylation sites (tertiary alicyclic amines) is 1. The van der Waals surface area contributed by atoms with Gasteiger partial charge in [0.05, 0.1) is 0 Å². The van der Waals surface area contributed by atoms with Crippen molar-refractivity contribution >= 4 is 23.6 Å². The van der Waals surface area contributed by atoms with Crippen LogP contribution in [-0.2, 0) is 25.7 Å². The summed E-state index contributed by atoms with van der Waals surface area (Å²) in [6, 6.07) is 13.7. The van der Waals surface area contributed by atoms with Crippen LogP contribution in [-0.4, -0.2) is 46.7 Å². The van der Waals surface area contributed by atoms with Crippen molar-refractivity contribution < 1.29 is 28.7 Å². The fourth-order valence-electron chi connectivity index (χ4n) is 3.23. The van der Waals surface area contributed by atoms with Gasteiger partial charge in [-0.2, -0.15) is 0 Å². The Balaban J connectivity index is 1.73. The molecule has 2 amide bonds. The largest absolute Gasteiger partial charge is 0.480 e. The average molecular weight is 398 g/mol. The number of rotatable bonds is 6. The highest BCUT2D eigenvalue weighted by Gasteiger charge is 2.40. The first-order valence-corrected chi connectivity index (χ1v) is 9.01. The van der Waals surface area contributed by atoms with Gasteiger partial charge in [-0.15, -0.1) is 0 Å². The van der Waals surface area contributed by atoms with Crippen molar-refractivity contribution in [2.45, 2.75) is 13.0 Å². The van der Waals surface area contributed by atoms with Gasteiger partial charge in [0.1, 0.15) is 12.4 Å². The molecule has 0 radical (unpaired) electrons. The molecule has 0 saturated carbocycles. The maximum atomic E-state index is 14.6. The molecular formula is C21H19FN2O5. The van der Waals surface area contributed by atoms with Crippen LogP contribution >= 0.6 is 0 Å². The highest BCUT2D eigenvalue weighted by Crippen LogP contribution is 2.25. The van der Waals surface area contributed by atoms with Gasteiger partial charge in [0.15, 0.2) is 11.7 Å². The van der Waals surface area contributed by atoms with Gasteiger partial charge in [-0.05, 0) is 17.2 Å². The van der Waals surface area contributed by atoms with Gasteiger partial charge in [0.25, 0.3) is 0 Å². The van der Waals surface area contributed by atoms with E-state index >= 15 is 0 Å². The summed E-state index contributed by atoms with van der Waals surface area (Å²) >= 11 is 0. The van der Waals surface area contributed by atoms with E-state index in [0.717, 1.165) is 5.56 Å². The van der Waals surface area contributed by atoms with Gasteiger partial charge >= 0.3 is 5.97 Å². The van der Waals surface area contributed by atoms with E-state index < -0.39 is 41.8 Å². The number of hydrogen-bond donors (Lipinski definition) is 2. The number of nitrogens with one attached hydrogen (secondary N) is 1. The van der Waals surface area contributed by atoms with Crippen LogP contribution < -0.4 is 5.32 Å². The normalized spacial score (nSPS) is 16.6. The molecule has 0 aromatic heterocycles. The quantitative estimate of drug-likeness (QED) is 0.720. The lowest BCUT2D eigenvalue weighted by molar-refractivity contribution is -0.152. The van der Waals surface area contributed by atoms with Gasteiger partial charge in [-0.1, -0.05) is 42.5 Å². The highest BCUT2D eigenvalue weighted by molar-refractivity contribution is 6.19. The standard InChI is InChI=1S/C21H19FN2O5/c22-16-10-13(6-7-15(16)14-4-2-1-3-5-14)12-24-9-8-17(25)19(21(24)29)20(28)23-11-18(26)27/h1-7,10,19H,8-9,11-12H2,(H,23,28)(H,26,27). The van der Waals surface area contributed by atoms with Crippen molar-refractivity contribution in [3.8, 4) is 11.1 Å². The van der Waals surface area contributed by atoms with E-state index in [2.05, 4.69) is 5.32 Å². The zero-order valence-corrected chi connectivity index (χ0v) is 15.4. The molecule has 0 aliphatic carbocycles. The van der Waals surface area contributed by atoms with Crippen LogP contribution in [0.1, 0.15) is 12.0 Å². The van der Waals surface area contributed by atoms with Crippen molar-refractivity contribution in [1.82, 2.24) is 10.2 Å². The van der Waals surface area contributed by atoms with Crippen LogP contribution in [0.15, 0.2) is 48.5 Å². The fraction of sp³-hybridized carbons (Fsp3) is 0.238. The lowest BCUT2D eigenvalue weighted by atomic mass is 9.94.